The van der Waals surface area contributed by atoms with Gasteiger partial charge in [-0.15, -0.1) is 0 Å². The van der Waals surface area contributed by atoms with E-state index in [0.717, 1.165) is 0 Å². The van der Waals surface area contributed by atoms with Crippen LogP contribution in [0.3, 0.4) is 0 Å². The highest BCUT2D eigenvalue weighted by Crippen LogP contribution is 2.45. The van der Waals surface area contributed by atoms with Gasteiger partial charge in [0.05, 0.1) is 32.1 Å². The fourth-order valence-electron chi connectivity index (χ4n) is 2.57. The largest absolute Gasteiger partial charge is 0.476 e. The van der Waals surface area contributed by atoms with E-state index in [4.69, 9.17) is 24.3 Å². The first-order valence-electron chi connectivity index (χ1n) is 8.80. The molecule has 0 fully saturated rings. The molecule has 0 bridgehead atoms. The van der Waals surface area contributed by atoms with Gasteiger partial charge < -0.3 is 30.3 Å². The van der Waals surface area contributed by atoms with Crippen LogP contribution in [-0.2, 0) is 18.3 Å². The minimum Gasteiger partial charge on any atom is -0.476 e. The lowest BCUT2D eigenvalue weighted by molar-refractivity contribution is 0.0168. The molecule has 1 aliphatic heterocycles. The number of rotatable bonds is 11. The zero-order valence-electron chi connectivity index (χ0n) is 16.3. The molecule has 1 aliphatic rings. The molecule has 0 saturated heterocycles. The van der Waals surface area contributed by atoms with E-state index in [1.807, 2.05) is 0 Å². The number of halogens is 1. The van der Waals surface area contributed by atoms with Crippen LogP contribution in [0.15, 0.2) is 0 Å². The van der Waals surface area contributed by atoms with Gasteiger partial charge in [-0.1, -0.05) is 0 Å². The highest BCUT2D eigenvalue weighted by molar-refractivity contribution is 7.47. The van der Waals surface area contributed by atoms with E-state index in [1.54, 1.807) is 20.8 Å². The molecule has 0 radical (unpaired) electrons. The number of nitrogens with one attached hydrogen (secondary N) is 1. The number of ether oxygens (including phenoxy) is 2. The Morgan fingerprint density at radius 3 is 2.75 bits per heavy atom. The summed E-state index contributed by atoms with van der Waals surface area (Å²) in [6.07, 6.45) is -2.97. The molecule has 2 rings (SSSR count). The Morgan fingerprint density at radius 2 is 2.14 bits per heavy atom. The third kappa shape index (κ3) is 5.89. The van der Waals surface area contributed by atoms with E-state index in [-0.39, 0.29) is 37.3 Å². The van der Waals surface area contributed by atoms with Gasteiger partial charge in [-0.2, -0.15) is 9.97 Å². The third-order valence-corrected chi connectivity index (χ3v) is 4.91. The van der Waals surface area contributed by atoms with Crippen molar-refractivity contribution >= 4 is 25.3 Å². The molecular weight excluding hydrogens is 396 g/mol. The first-order chi connectivity index (χ1) is 13.2. The molecule has 28 heavy (non-hydrogen) atoms. The van der Waals surface area contributed by atoms with Gasteiger partial charge in [-0.25, -0.2) is 8.96 Å². The zero-order chi connectivity index (χ0) is 20.9. The second-order valence-corrected chi connectivity index (χ2v) is 7.68. The number of hydrogen-bond acceptors (Lipinski definition) is 10. The summed E-state index contributed by atoms with van der Waals surface area (Å²) in [5.74, 6) is 0.482. The lowest BCUT2D eigenvalue weighted by atomic mass is 10.2. The first kappa shape index (κ1) is 22.6. The van der Waals surface area contributed by atoms with Gasteiger partial charge in [-0.05, 0) is 20.8 Å². The molecule has 11 nitrogen and oxygen atoms in total. The summed E-state index contributed by atoms with van der Waals surface area (Å²) in [7, 11) is -2.88. The van der Waals surface area contributed by atoms with Crippen LogP contribution in [-0.4, -0.2) is 60.4 Å². The monoisotopic (exact) mass is 423 g/mol. The van der Waals surface area contributed by atoms with Crippen molar-refractivity contribution in [1.29, 1.82) is 0 Å². The summed E-state index contributed by atoms with van der Waals surface area (Å²) < 4.78 is 47.0. The molecule has 13 heteroatoms. The highest BCUT2D eigenvalue weighted by Gasteiger charge is 2.33. The molecule has 0 saturated carbocycles. The van der Waals surface area contributed by atoms with Crippen molar-refractivity contribution in [2.75, 3.05) is 42.9 Å². The summed E-state index contributed by atoms with van der Waals surface area (Å²) in [6, 6.07) is 0. The normalized spacial score (nSPS) is 17.8. The molecule has 160 valence electrons. The van der Waals surface area contributed by atoms with E-state index in [9.17, 15) is 13.8 Å². The Morgan fingerprint density at radius 1 is 1.43 bits per heavy atom. The number of anilines is 3. The minimum atomic E-state index is -4.24. The van der Waals surface area contributed by atoms with Crippen molar-refractivity contribution < 1.29 is 32.4 Å². The number of phosphoric acid groups is 1. The molecule has 0 spiro atoms. The van der Waals surface area contributed by atoms with Crippen molar-refractivity contribution in [3.05, 3.63) is 0 Å². The van der Waals surface area contributed by atoms with Crippen LogP contribution >= 0.6 is 7.82 Å². The van der Waals surface area contributed by atoms with Crippen molar-refractivity contribution in [3.63, 3.8) is 0 Å². The number of methoxy groups -OCH3 is 1. The van der Waals surface area contributed by atoms with E-state index in [1.165, 1.54) is 12.0 Å². The molecule has 1 aromatic heterocycles. The number of phosphoric ester groups is 1. The van der Waals surface area contributed by atoms with Crippen LogP contribution in [0.5, 0.6) is 5.88 Å². The second-order valence-electron chi connectivity index (χ2n) is 6.27. The Balaban J connectivity index is 2.03. The maximum absolute atomic E-state index is 14.9. The Kier molecular flexibility index (Phi) is 7.79. The van der Waals surface area contributed by atoms with Crippen molar-refractivity contribution in [2.45, 2.75) is 45.7 Å². The van der Waals surface area contributed by atoms with Crippen LogP contribution in [0.4, 0.5) is 21.8 Å². The number of nitrogens with two attached hydrogens (primary N) is 1. The van der Waals surface area contributed by atoms with Crippen molar-refractivity contribution in [2.24, 2.45) is 0 Å². The molecule has 0 amide bonds. The van der Waals surface area contributed by atoms with Gasteiger partial charge in [0.2, 0.25) is 11.8 Å². The molecule has 3 atom stereocenters. The van der Waals surface area contributed by atoms with Gasteiger partial charge in [0.1, 0.15) is 5.69 Å². The number of nitrogens with zero attached hydrogens (tertiary/aromatic N) is 3. The van der Waals surface area contributed by atoms with Crippen LogP contribution in [0, 0.1) is 0 Å². The van der Waals surface area contributed by atoms with E-state index >= 15 is 0 Å². The average molecular weight is 423 g/mol. The quantitative estimate of drug-likeness (QED) is 0.355. The summed E-state index contributed by atoms with van der Waals surface area (Å²) in [6.45, 7) is 5.16. The van der Waals surface area contributed by atoms with E-state index in [0.29, 0.717) is 12.3 Å². The summed E-state index contributed by atoms with van der Waals surface area (Å²) in [5.41, 5.74) is 6.14. The number of aromatic nitrogens is 2. The maximum Gasteiger partial charge on any atom is 0.472 e. The van der Waals surface area contributed by atoms with Crippen LogP contribution < -0.4 is 20.7 Å². The lowest BCUT2D eigenvalue weighted by Crippen LogP contribution is -2.36. The number of fused-ring (bicyclic) bond motifs is 1. The average Bonchev–Trinajstić information content (AvgIpc) is 3.01. The molecule has 4 N–H and O–H groups in total. The molecule has 0 aromatic carbocycles. The molecular formula is C15H27FN5O6P. The minimum absolute atomic E-state index is 0.0400. The van der Waals surface area contributed by atoms with E-state index in [2.05, 4.69) is 15.3 Å². The predicted octanol–water partition coefficient (Wildman–Crippen LogP) is 1.89. The maximum atomic E-state index is 14.9. The van der Waals surface area contributed by atoms with Gasteiger partial charge in [0.25, 0.3) is 0 Å². The van der Waals surface area contributed by atoms with E-state index < -0.39 is 26.3 Å². The SMILES string of the molecule is CCOc1nc(N)nc2c1NCN2C(F)CC(COP(=O)(O)OC(C)C)OC. The van der Waals surface area contributed by atoms with Crippen LogP contribution in [0.1, 0.15) is 27.2 Å². The topological polar surface area (TPSA) is 141 Å². The lowest BCUT2D eigenvalue weighted by Gasteiger charge is -2.26. The predicted molar refractivity (Wildman–Crippen MR) is 101 cm³/mol. The molecule has 2 heterocycles. The Hall–Kier alpha value is -1.72. The number of alkyl halides is 1. The van der Waals surface area contributed by atoms with Crippen molar-refractivity contribution in [1.82, 2.24) is 9.97 Å². The summed E-state index contributed by atoms with van der Waals surface area (Å²) in [4.78, 5) is 19.0. The standard InChI is InChI=1S/C15H27FN5O6P/c1-5-25-14-12-13(19-15(17)20-14)21(8-18-12)11(16)6-10(24-4)7-26-28(22,23)27-9(2)3/h9-11,18H,5-8H2,1-4H3,(H,22,23)(H2,17,19,20). The molecule has 0 aliphatic carbocycles. The zero-order valence-corrected chi connectivity index (χ0v) is 17.2. The van der Waals surface area contributed by atoms with Gasteiger partial charge in [0, 0.05) is 13.5 Å². The van der Waals surface area contributed by atoms with Crippen molar-refractivity contribution in [3.8, 4) is 5.88 Å². The van der Waals surface area contributed by atoms with Gasteiger partial charge >= 0.3 is 7.82 Å². The summed E-state index contributed by atoms with van der Waals surface area (Å²) in [5, 5.41) is 2.98. The summed E-state index contributed by atoms with van der Waals surface area (Å²) >= 11 is 0. The first-order valence-corrected chi connectivity index (χ1v) is 10.3. The Bertz CT molecular complexity index is 712. The fourth-order valence-corrected chi connectivity index (χ4v) is 3.52. The highest BCUT2D eigenvalue weighted by atomic mass is 31.2. The number of hydrogen-bond donors (Lipinski definition) is 3. The molecule has 1 aromatic rings. The smallest absolute Gasteiger partial charge is 0.472 e. The fraction of sp³-hybridized carbons (Fsp3) is 0.733. The van der Waals surface area contributed by atoms with Crippen LogP contribution in [0.2, 0.25) is 0 Å². The number of nitrogen functional groups attached to an aromatic ring is 1. The molecule has 3 unspecified atom stereocenters. The Labute approximate surface area is 162 Å². The van der Waals surface area contributed by atoms with Crippen LogP contribution in [0.25, 0.3) is 0 Å². The van der Waals surface area contributed by atoms with Gasteiger partial charge in [0.15, 0.2) is 12.1 Å². The van der Waals surface area contributed by atoms with Gasteiger partial charge in [-0.3, -0.25) is 9.05 Å². The second kappa shape index (κ2) is 9.66. The third-order valence-electron chi connectivity index (χ3n) is 3.75.